The van der Waals surface area contributed by atoms with Crippen LogP contribution in [0, 0.1) is 5.92 Å². The largest absolute Gasteiger partial charge is 0.468 e. The van der Waals surface area contributed by atoms with Gasteiger partial charge in [-0.3, -0.25) is 9.32 Å². The molecular formula is C23H30FN6O6P. The maximum atomic E-state index is 15.4. The van der Waals surface area contributed by atoms with E-state index >= 15 is 4.39 Å². The molecule has 0 bridgehead atoms. The topological polar surface area (TPSA) is 154 Å². The summed E-state index contributed by atoms with van der Waals surface area (Å²) in [5.74, 6) is -1.07. The summed E-state index contributed by atoms with van der Waals surface area (Å²) < 4.78 is 46.4. The summed E-state index contributed by atoms with van der Waals surface area (Å²) in [7, 11) is -1.26. The Labute approximate surface area is 213 Å². The van der Waals surface area contributed by atoms with E-state index in [1.54, 1.807) is 42.3 Å². The third-order valence-electron chi connectivity index (χ3n) is 6.37. The molecule has 1 aromatic heterocycles. The van der Waals surface area contributed by atoms with Crippen LogP contribution in [0.4, 0.5) is 10.2 Å². The molecule has 6 unspecified atom stereocenters. The van der Waals surface area contributed by atoms with E-state index in [0.29, 0.717) is 11.5 Å². The lowest BCUT2D eigenvalue weighted by Gasteiger charge is -2.26. The number of nitrogens with one attached hydrogen (secondary N) is 1. The zero-order valence-corrected chi connectivity index (χ0v) is 21.5. The second-order valence-electron chi connectivity index (χ2n) is 8.85. The van der Waals surface area contributed by atoms with Gasteiger partial charge >= 0.3 is 13.7 Å². The first-order chi connectivity index (χ1) is 17.6. The predicted molar refractivity (Wildman–Crippen MR) is 133 cm³/mol. The summed E-state index contributed by atoms with van der Waals surface area (Å²) >= 11 is 0. The molecule has 1 saturated carbocycles. The number of nitrogens with two attached hydrogens (primary N) is 1. The summed E-state index contributed by atoms with van der Waals surface area (Å²) in [6, 6.07) is 6.14. The smallest absolute Gasteiger partial charge is 0.459 e. The summed E-state index contributed by atoms with van der Waals surface area (Å²) in [5.41, 5.74) is 6.89. The van der Waals surface area contributed by atoms with Crippen LogP contribution in [0.25, 0.3) is 0 Å². The number of esters is 1. The first-order valence-electron chi connectivity index (χ1n) is 11.5. The van der Waals surface area contributed by atoms with Crippen molar-refractivity contribution in [1.29, 1.82) is 0 Å². The molecule has 12 nitrogen and oxygen atoms in total. The zero-order valence-electron chi connectivity index (χ0n) is 20.6. The van der Waals surface area contributed by atoms with Crippen molar-refractivity contribution in [2.24, 2.45) is 16.6 Å². The number of aliphatic hydroxyl groups is 1. The van der Waals surface area contributed by atoms with Crippen LogP contribution in [0.3, 0.4) is 0 Å². The minimum absolute atomic E-state index is 0.214. The number of carbonyl (C=O) groups excluding carboxylic acids is 1. The van der Waals surface area contributed by atoms with E-state index in [-0.39, 0.29) is 11.3 Å². The number of aliphatic hydroxyl groups excluding tert-OH is 1. The molecule has 200 valence electrons. The summed E-state index contributed by atoms with van der Waals surface area (Å²) in [6.07, 6.45) is -0.945. The van der Waals surface area contributed by atoms with E-state index < -0.39 is 56.8 Å². The fourth-order valence-corrected chi connectivity index (χ4v) is 5.79. The molecule has 4 rings (SSSR count). The molecular weight excluding hydrogens is 506 g/mol. The zero-order chi connectivity index (χ0) is 26.9. The second-order valence-corrected chi connectivity index (χ2v) is 10.5. The number of alkyl halides is 1. The number of nitrogens with zero attached hydrogens (tertiary/aromatic N) is 4. The average Bonchev–Trinajstić information content (AvgIpc) is 3.38. The van der Waals surface area contributed by atoms with Crippen LogP contribution in [-0.2, 0) is 18.6 Å². The van der Waals surface area contributed by atoms with E-state index in [1.807, 2.05) is 0 Å². The number of ether oxygens (including phenoxy) is 1. The number of hydrogen-bond acceptors (Lipinski definition) is 10. The number of hydrogen-bond donors (Lipinski definition) is 3. The van der Waals surface area contributed by atoms with E-state index in [0.717, 1.165) is 0 Å². The Kier molecular flexibility index (Phi) is 7.81. The highest BCUT2D eigenvalue weighted by molar-refractivity contribution is 7.52. The van der Waals surface area contributed by atoms with Gasteiger partial charge in [0.05, 0.1) is 38.5 Å². The molecule has 14 heteroatoms. The Balaban J connectivity index is 1.55. The molecule has 1 aliphatic heterocycles. The molecule has 0 amide bonds. The van der Waals surface area contributed by atoms with E-state index in [9.17, 15) is 14.5 Å². The summed E-state index contributed by atoms with van der Waals surface area (Å²) in [5, 5.41) is 13.3. The highest BCUT2D eigenvalue weighted by Gasteiger charge is 2.49. The third kappa shape index (κ3) is 5.32. The third-order valence-corrected chi connectivity index (χ3v) is 8.02. The second kappa shape index (κ2) is 10.7. The number of aromatic nitrogens is 2. The molecule has 2 aromatic rings. The first kappa shape index (κ1) is 27.0. The molecule has 1 fully saturated rings. The number of halogens is 1. The first-order valence-corrected chi connectivity index (χ1v) is 13.0. The quantitative estimate of drug-likeness (QED) is 0.247. The monoisotopic (exact) mass is 536 g/mol. The predicted octanol–water partition coefficient (Wildman–Crippen LogP) is 2.23. The van der Waals surface area contributed by atoms with E-state index in [4.69, 9.17) is 14.8 Å². The van der Waals surface area contributed by atoms with Crippen LogP contribution >= 0.6 is 7.75 Å². The molecule has 0 spiro atoms. The number of aliphatic imine (C=N–C) groups is 1. The number of fused-ring (bicyclic) bond motifs is 1. The Bertz CT molecular complexity index is 1230. The maximum Gasteiger partial charge on any atom is 0.459 e. The SMILES string of the molecule is C=C1C(COP(=O)(N[C@H](C)C(=O)OC)Oc2ccccc2)C(O)C(F)C1n1cnc2c1N=CN(C)C2N. The molecule has 37 heavy (non-hydrogen) atoms. The Morgan fingerprint density at radius 1 is 1.38 bits per heavy atom. The maximum absolute atomic E-state index is 15.4. The van der Waals surface area contributed by atoms with Crippen LogP contribution < -0.4 is 15.3 Å². The molecule has 1 aliphatic carbocycles. The number of methoxy groups -OCH3 is 1. The number of para-hydroxylation sites is 1. The highest BCUT2D eigenvalue weighted by Crippen LogP contribution is 2.49. The fourth-order valence-electron chi connectivity index (χ4n) is 4.27. The van der Waals surface area contributed by atoms with Crippen LogP contribution in [0.5, 0.6) is 5.75 Å². The van der Waals surface area contributed by atoms with Crippen LogP contribution in [0.2, 0.25) is 0 Å². The van der Waals surface area contributed by atoms with Crippen LogP contribution in [0.1, 0.15) is 24.8 Å². The lowest BCUT2D eigenvalue weighted by atomic mass is 10.0. The lowest BCUT2D eigenvalue weighted by molar-refractivity contribution is -0.142. The number of benzene rings is 1. The fraction of sp³-hybridized carbons (Fsp3) is 0.435. The van der Waals surface area contributed by atoms with Gasteiger partial charge in [-0.05, 0) is 24.6 Å². The van der Waals surface area contributed by atoms with Crippen molar-refractivity contribution in [3.8, 4) is 5.75 Å². The minimum Gasteiger partial charge on any atom is -0.468 e. The van der Waals surface area contributed by atoms with Crippen molar-refractivity contribution in [2.45, 2.75) is 37.4 Å². The summed E-state index contributed by atoms with van der Waals surface area (Å²) in [4.78, 5) is 22.2. The van der Waals surface area contributed by atoms with Gasteiger partial charge in [0.15, 0.2) is 12.0 Å². The molecule has 0 saturated heterocycles. The average molecular weight is 537 g/mol. The van der Waals surface area contributed by atoms with Crippen LogP contribution in [-0.4, -0.2) is 70.9 Å². The molecule has 4 N–H and O–H groups in total. The van der Waals surface area contributed by atoms with Gasteiger partial charge in [-0.25, -0.2) is 18.9 Å². The van der Waals surface area contributed by atoms with Gasteiger partial charge in [0, 0.05) is 13.0 Å². The van der Waals surface area contributed by atoms with E-state index in [2.05, 4.69) is 26.4 Å². The number of carbonyl (C=O) groups is 1. The standard InChI is InChI=1S/C23H30FN6O6P/c1-13-16(10-35-37(33,28-14(2)23(32)34-4)36-15-8-6-5-7-9-15)20(31)17(24)19(13)30-12-26-18-21(25)29(3)11-27-22(18)30/h5-9,11-12,14,16-17,19-21,31H,1,10,25H2,2-4H3,(H,28,33)/t14-,16?,17?,19?,20?,21?,37?/m1/s1. The lowest BCUT2D eigenvalue weighted by Crippen LogP contribution is -2.35. The van der Waals surface area contributed by atoms with Crippen molar-refractivity contribution in [3.05, 3.63) is 54.5 Å². The molecule has 2 heterocycles. The molecule has 2 aliphatic rings. The number of rotatable bonds is 9. The van der Waals surface area contributed by atoms with Gasteiger partial charge in [-0.15, -0.1) is 0 Å². The van der Waals surface area contributed by atoms with Crippen molar-refractivity contribution in [1.82, 2.24) is 19.5 Å². The molecule has 7 atom stereocenters. The highest BCUT2D eigenvalue weighted by atomic mass is 31.2. The van der Waals surface area contributed by atoms with Crippen molar-refractivity contribution in [3.63, 3.8) is 0 Å². The molecule has 0 radical (unpaired) electrons. The van der Waals surface area contributed by atoms with Crippen molar-refractivity contribution >= 4 is 25.9 Å². The Hall–Kier alpha value is -3.09. The minimum atomic E-state index is -4.19. The van der Waals surface area contributed by atoms with E-state index in [1.165, 1.54) is 31.3 Å². The van der Waals surface area contributed by atoms with Crippen LogP contribution in [0.15, 0.2) is 53.8 Å². The van der Waals surface area contributed by atoms with Gasteiger partial charge in [0.1, 0.15) is 23.7 Å². The van der Waals surface area contributed by atoms with Gasteiger partial charge in [0.25, 0.3) is 0 Å². The van der Waals surface area contributed by atoms with Gasteiger partial charge in [0.2, 0.25) is 0 Å². The van der Waals surface area contributed by atoms with Gasteiger partial charge < -0.3 is 29.6 Å². The Morgan fingerprint density at radius 2 is 2.08 bits per heavy atom. The van der Waals surface area contributed by atoms with Crippen molar-refractivity contribution in [2.75, 3.05) is 20.8 Å². The molecule has 1 aromatic carbocycles. The number of imidazole rings is 1. The van der Waals surface area contributed by atoms with Gasteiger partial charge in [-0.2, -0.15) is 5.09 Å². The Morgan fingerprint density at radius 3 is 2.76 bits per heavy atom. The van der Waals surface area contributed by atoms with Crippen molar-refractivity contribution < 1.29 is 32.6 Å². The normalized spacial score (nSPS) is 27.5. The van der Waals surface area contributed by atoms with Gasteiger partial charge in [-0.1, -0.05) is 24.8 Å². The summed E-state index contributed by atoms with van der Waals surface area (Å²) in [6.45, 7) is 5.01.